The van der Waals surface area contributed by atoms with E-state index in [-0.39, 0.29) is 29.8 Å². The van der Waals surface area contributed by atoms with Crippen LogP contribution in [0, 0.1) is 10.8 Å². The van der Waals surface area contributed by atoms with Crippen LogP contribution in [0.25, 0.3) is 0 Å². The number of carbonyl (C=O) groups is 3. The monoisotopic (exact) mass is 456 g/mol. The maximum Gasteiger partial charge on any atom is 0.415 e. The molecule has 0 bridgehead atoms. The molecule has 1 N–H and O–H groups in total. The molecule has 7 nitrogen and oxygen atoms in total. The molecule has 1 aromatic carbocycles. The molecule has 0 radical (unpaired) electrons. The Hall–Kier alpha value is -3.09. The van der Waals surface area contributed by atoms with Gasteiger partial charge in [-0.3, -0.25) is 15.0 Å². The van der Waals surface area contributed by atoms with Gasteiger partial charge in [-0.25, -0.2) is 9.59 Å². The zero-order valence-electron chi connectivity index (χ0n) is 20.9. The Kier molecular flexibility index (Phi) is 8.11. The van der Waals surface area contributed by atoms with Crippen molar-refractivity contribution in [3.8, 4) is 0 Å². The second-order valence-corrected chi connectivity index (χ2v) is 9.97. The van der Waals surface area contributed by atoms with Gasteiger partial charge in [-0.1, -0.05) is 41.5 Å². The highest BCUT2D eigenvalue weighted by molar-refractivity contribution is 6.03. The van der Waals surface area contributed by atoms with Crippen LogP contribution in [-0.2, 0) is 14.3 Å². The van der Waals surface area contributed by atoms with Gasteiger partial charge in [-0.2, -0.15) is 0 Å². The summed E-state index contributed by atoms with van der Waals surface area (Å²) in [6, 6.07) is 6.40. The van der Waals surface area contributed by atoms with E-state index < -0.39 is 18.2 Å². The Balaban J connectivity index is 2.61. The standard InChI is InChI=1S/C26H36N2O5/c1-9-32-23(30)27-17-11-13-18(14-12-17)28(24(31)33-10-2)22-20(25(3,4)5)15-19(29)16-21(22)26(6,7)8/h11-16,22H,9-10H2,1-8H3,(H,27,30). The first-order valence-electron chi connectivity index (χ1n) is 11.3. The summed E-state index contributed by atoms with van der Waals surface area (Å²) in [6.07, 6.45) is 2.20. The second-order valence-electron chi connectivity index (χ2n) is 9.97. The average molecular weight is 457 g/mol. The highest BCUT2D eigenvalue weighted by Gasteiger charge is 2.42. The summed E-state index contributed by atoms with van der Waals surface area (Å²) < 4.78 is 10.4. The first-order valence-corrected chi connectivity index (χ1v) is 11.3. The van der Waals surface area contributed by atoms with E-state index in [0.29, 0.717) is 11.4 Å². The third-order valence-electron chi connectivity index (χ3n) is 5.31. The molecule has 0 aliphatic heterocycles. The Morgan fingerprint density at radius 3 is 1.79 bits per heavy atom. The Bertz CT molecular complexity index is 912. The predicted molar refractivity (Wildman–Crippen MR) is 130 cm³/mol. The van der Waals surface area contributed by atoms with Crippen LogP contribution in [0.2, 0.25) is 0 Å². The molecule has 2 amide bonds. The number of hydrogen-bond donors (Lipinski definition) is 1. The van der Waals surface area contributed by atoms with Crippen LogP contribution in [0.1, 0.15) is 55.4 Å². The van der Waals surface area contributed by atoms with Crippen LogP contribution in [0.5, 0.6) is 0 Å². The van der Waals surface area contributed by atoms with E-state index in [1.165, 1.54) is 0 Å². The van der Waals surface area contributed by atoms with Crippen LogP contribution in [0.4, 0.5) is 21.0 Å². The first kappa shape index (κ1) is 26.2. The molecule has 0 fully saturated rings. The molecule has 33 heavy (non-hydrogen) atoms. The molecular formula is C26H36N2O5. The molecule has 7 heteroatoms. The number of ketones is 1. The molecule has 0 spiro atoms. The second kappa shape index (κ2) is 10.2. The topological polar surface area (TPSA) is 84.9 Å². The molecular weight excluding hydrogens is 420 g/mol. The Morgan fingerprint density at radius 2 is 1.36 bits per heavy atom. The quantitative estimate of drug-likeness (QED) is 0.577. The van der Waals surface area contributed by atoms with E-state index in [1.807, 2.05) is 41.5 Å². The number of carbonyl (C=O) groups excluding carboxylic acids is 3. The third kappa shape index (κ3) is 6.46. The molecule has 2 rings (SSSR count). The van der Waals surface area contributed by atoms with Gasteiger partial charge in [-0.15, -0.1) is 0 Å². The van der Waals surface area contributed by atoms with E-state index in [1.54, 1.807) is 55.2 Å². The van der Waals surface area contributed by atoms with Crippen molar-refractivity contribution in [3.05, 3.63) is 47.6 Å². The average Bonchev–Trinajstić information content (AvgIpc) is 2.69. The van der Waals surface area contributed by atoms with Crippen molar-refractivity contribution < 1.29 is 23.9 Å². The van der Waals surface area contributed by atoms with E-state index in [4.69, 9.17) is 9.47 Å². The lowest BCUT2D eigenvalue weighted by atomic mass is 9.69. The van der Waals surface area contributed by atoms with Gasteiger partial charge in [0.05, 0.1) is 19.3 Å². The van der Waals surface area contributed by atoms with E-state index >= 15 is 0 Å². The molecule has 0 heterocycles. The smallest absolute Gasteiger partial charge is 0.415 e. The van der Waals surface area contributed by atoms with Crippen molar-refractivity contribution in [2.24, 2.45) is 10.8 Å². The van der Waals surface area contributed by atoms with Crippen LogP contribution < -0.4 is 10.2 Å². The lowest BCUT2D eigenvalue weighted by molar-refractivity contribution is -0.110. The van der Waals surface area contributed by atoms with Gasteiger partial charge >= 0.3 is 12.2 Å². The number of rotatable bonds is 5. The van der Waals surface area contributed by atoms with Crippen molar-refractivity contribution in [1.29, 1.82) is 0 Å². The number of nitrogens with zero attached hydrogens (tertiary/aromatic N) is 1. The maximum absolute atomic E-state index is 13.3. The number of anilines is 2. The van der Waals surface area contributed by atoms with E-state index in [0.717, 1.165) is 11.1 Å². The zero-order valence-corrected chi connectivity index (χ0v) is 20.9. The molecule has 0 unspecified atom stereocenters. The molecule has 1 aliphatic rings. The summed E-state index contributed by atoms with van der Waals surface area (Å²) in [7, 11) is 0. The van der Waals surface area contributed by atoms with Gasteiger partial charge in [-0.05, 0) is 72.2 Å². The molecule has 0 saturated heterocycles. The summed E-state index contributed by atoms with van der Waals surface area (Å²) in [5, 5.41) is 2.65. The number of benzene rings is 1. The van der Waals surface area contributed by atoms with Gasteiger partial charge in [0.25, 0.3) is 0 Å². The third-order valence-corrected chi connectivity index (χ3v) is 5.31. The molecule has 0 aromatic heterocycles. The largest absolute Gasteiger partial charge is 0.450 e. The van der Waals surface area contributed by atoms with Crippen LogP contribution >= 0.6 is 0 Å². The Labute approximate surface area is 196 Å². The normalized spacial score (nSPS) is 14.8. The molecule has 1 aromatic rings. The van der Waals surface area contributed by atoms with Crippen molar-refractivity contribution >= 4 is 29.3 Å². The molecule has 180 valence electrons. The van der Waals surface area contributed by atoms with Gasteiger partial charge in [0.1, 0.15) is 0 Å². The lowest BCUT2D eigenvalue weighted by Crippen LogP contribution is -2.49. The SMILES string of the molecule is CCOC(=O)Nc1ccc(N(C(=O)OCC)C2C(C(C)(C)C)=CC(=O)C=C2C(C)(C)C)cc1. The summed E-state index contributed by atoms with van der Waals surface area (Å²) in [5.41, 5.74) is 2.05. The zero-order chi connectivity index (χ0) is 25.0. The van der Waals surface area contributed by atoms with E-state index in [9.17, 15) is 14.4 Å². The van der Waals surface area contributed by atoms with Gasteiger partial charge in [0.15, 0.2) is 5.78 Å². The predicted octanol–water partition coefficient (Wildman–Crippen LogP) is 6.11. The van der Waals surface area contributed by atoms with Gasteiger partial charge in [0.2, 0.25) is 0 Å². The number of ether oxygens (including phenoxy) is 2. The maximum atomic E-state index is 13.3. The van der Waals surface area contributed by atoms with Crippen molar-refractivity contribution in [3.63, 3.8) is 0 Å². The van der Waals surface area contributed by atoms with Crippen LogP contribution in [0.15, 0.2) is 47.6 Å². The highest BCUT2D eigenvalue weighted by atomic mass is 16.6. The summed E-state index contributed by atoms with van der Waals surface area (Å²) in [6.45, 7) is 16.1. The fourth-order valence-corrected chi connectivity index (χ4v) is 3.75. The molecule has 1 aliphatic carbocycles. The van der Waals surface area contributed by atoms with Gasteiger partial charge < -0.3 is 9.47 Å². The van der Waals surface area contributed by atoms with Crippen molar-refractivity contribution in [1.82, 2.24) is 0 Å². The van der Waals surface area contributed by atoms with Crippen molar-refractivity contribution in [2.75, 3.05) is 23.4 Å². The number of allylic oxidation sites excluding steroid dienone is 2. The van der Waals surface area contributed by atoms with Crippen LogP contribution in [-0.4, -0.2) is 37.2 Å². The van der Waals surface area contributed by atoms with Crippen LogP contribution in [0.3, 0.4) is 0 Å². The molecule has 0 saturated carbocycles. The fourth-order valence-electron chi connectivity index (χ4n) is 3.75. The van der Waals surface area contributed by atoms with Crippen molar-refractivity contribution in [2.45, 2.75) is 61.4 Å². The molecule has 0 atom stereocenters. The van der Waals surface area contributed by atoms with Gasteiger partial charge in [0, 0.05) is 11.4 Å². The summed E-state index contributed by atoms with van der Waals surface area (Å²) in [5.74, 6) is -0.0844. The minimum atomic E-state index is -0.547. The minimum absolute atomic E-state index is 0.0844. The Morgan fingerprint density at radius 1 is 0.879 bits per heavy atom. The highest BCUT2D eigenvalue weighted by Crippen LogP contribution is 2.44. The lowest BCUT2D eigenvalue weighted by Gasteiger charge is -2.44. The number of amides is 2. The minimum Gasteiger partial charge on any atom is -0.450 e. The van der Waals surface area contributed by atoms with E-state index in [2.05, 4.69) is 5.32 Å². The first-order chi connectivity index (χ1) is 15.3. The number of nitrogens with one attached hydrogen (secondary N) is 1. The number of hydrogen-bond acceptors (Lipinski definition) is 5. The fraction of sp³-hybridized carbons (Fsp3) is 0.500. The summed E-state index contributed by atoms with van der Waals surface area (Å²) >= 11 is 0. The summed E-state index contributed by atoms with van der Waals surface area (Å²) in [4.78, 5) is 39.3.